The van der Waals surface area contributed by atoms with Gasteiger partial charge in [-0.2, -0.15) is 9.61 Å². The van der Waals surface area contributed by atoms with Crippen molar-refractivity contribution in [1.82, 2.24) is 19.8 Å². The number of fused-ring (bicyclic) bond motifs is 1. The average molecular weight is 322 g/mol. The minimum Gasteiger partial charge on any atom is -0.497 e. The van der Waals surface area contributed by atoms with E-state index < -0.39 is 0 Å². The molecular formula is C17H14N4OS. The molecule has 0 atom stereocenters. The fourth-order valence-corrected chi connectivity index (χ4v) is 3.28. The van der Waals surface area contributed by atoms with Gasteiger partial charge in [0, 0.05) is 12.0 Å². The highest BCUT2D eigenvalue weighted by Crippen LogP contribution is 2.23. The van der Waals surface area contributed by atoms with Gasteiger partial charge in [0.25, 0.3) is 0 Å². The minimum absolute atomic E-state index is 0.770. The van der Waals surface area contributed by atoms with Gasteiger partial charge in [0.2, 0.25) is 4.96 Å². The lowest BCUT2D eigenvalue weighted by Gasteiger charge is -2.01. The number of benzene rings is 2. The third-order valence-corrected chi connectivity index (χ3v) is 4.48. The van der Waals surface area contributed by atoms with Crippen LogP contribution in [0, 0.1) is 0 Å². The van der Waals surface area contributed by atoms with Gasteiger partial charge in [-0.3, -0.25) is 0 Å². The van der Waals surface area contributed by atoms with E-state index in [-0.39, 0.29) is 0 Å². The van der Waals surface area contributed by atoms with Crippen LogP contribution in [0.3, 0.4) is 0 Å². The Bertz CT molecular complexity index is 928. The van der Waals surface area contributed by atoms with Crippen LogP contribution in [0.5, 0.6) is 5.75 Å². The van der Waals surface area contributed by atoms with Crippen LogP contribution in [-0.4, -0.2) is 26.9 Å². The third-order valence-electron chi connectivity index (χ3n) is 3.58. The fraction of sp³-hybridized carbons (Fsp3) is 0.118. The van der Waals surface area contributed by atoms with Crippen LogP contribution >= 0.6 is 11.3 Å². The Hall–Kier alpha value is -2.73. The molecule has 0 bridgehead atoms. The highest BCUT2D eigenvalue weighted by atomic mass is 32.1. The largest absolute Gasteiger partial charge is 0.497 e. The molecule has 0 saturated carbocycles. The summed E-state index contributed by atoms with van der Waals surface area (Å²) in [5, 5.41) is 14.2. The van der Waals surface area contributed by atoms with E-state index in [4.69, 9.17) is 4.74 Å². The molecule has 4 aromatic rings. The SMILES string of the molecule is COc1ccc(Cc2nn3c(-c4ccccc4)nnc3s2)cc1. The van der Waals surface area contributed by atoms with Crippen LogP contribution in [-0.2, 0) is 6.42 Å². The highest BCUT2D eigenvalue weighted by Gasteiger charge is 2.13. The molecule has 23 heavy (non-hydrogen) atoms. The summed E-state index contributed by atoms with van der Waals surface area (Å²) < 4.78 is 7.00. The summed E-state index contributed by atoms with van der Waals surface area (Å²) in [6.45, 7) is 0. The van der Waals surface area contributed by atoms with Crippen LogP contribution in [0.1, 0.15) is 10.6 Å². The zero-order valence-electron chi connectivity index (χ0n) is 12.5. The van der Waals surface area contributed by atoms with Crippen molar-refractivity contribution < 1.29 is 4.74 Å². The highest BCUT2D eigenvalue weighted by molar-refractivity contribution is 7.16. The van der Waals surface area contributed by atoms with Crippen LogP contribution in [0.2, 0.25) is 0 Å². The molecule has 0 N–H and O–H groups in total. The number of aromatic nitrogens is 4. The van der Waals surface area contributed by atoms with E-state index in [1.165, 1.54) is 5.56 Å². The van der Waals surface area contributed by atoms with Gasteiger partial charge in [-0.25, -0.2) is 0 Å². The molecule has 0 aliphatic rings. The molecule has 0 amide bonds. The number of hydrogen-bond donors (Lipinski definition) is 0. The van der Waals surface area contributed by atoms with Crippen molar-refractivity contribution >= 4 is 16.3 Å². The zero-order valence-corrected chi connectivity index (χ0v) is 13.3. The van der Waals surface area contributed by atoms with E-state index in [0.29, 0.717) is 0 Å². The third kappa shape index (κ3) is 2.68. The molecule has 5 nitrogen and oxygen atoms in total. The quantitative estimate of drug-likeness (QED) is 0.577. The normalized spacial score (nSPS) is 11.0. The Labute approximate surface area is 137 Å². The molecule has 114 valence electrons. The Balaban J connectivity index is 1.65. The second-order valence-electron chi connectivity index (χ2n) is 5.10. The van der Waals surface area contributed by atoms with Crippen molar-refractivity contribution in [3.8, 4) is 17.1 Å². The summed E-state index contributed by atoms with van der Waals surface area (Å²) in [6, 6.07) is 18.0. The number of methoxy groups -OCH3 is 1. The number of ether oxygens (including phenoxy) is 1. The van der Waals surface area contributed by atoms with Crippen molar-refractivity contribution in [3.05, 3.63) is 65.2 Å². The second kappa shape index (κ2) is 5.81. The van der Waals surface area contributed by atoms with E-state index in [2.05, 4.69) is 27.4 Å². The smallest absolute Gasteiger partial charge is 0.234 e. The molecule has 4 rings (SSSR count). The van der Waals surface area contributed by atoms with Gasteiger partial charge in [0.05, 0.1) is 7.11 Å². The predicted octanol–water partition coefficient (Wildman–Crippen LogP) is 3.45. The van der Waals surface area contributed by atoms with Crippen LogP contribution in [0.25, 0.3) is 16.3 Å². The molecule has 0 fully saturated rings. The number of nitrogens with zero attached hydrogens (tertiary/aromatic N) is 4. The lowest BCUT2D eigenvalue weighted by molar-refractivity contribution is 0.414. The molecule has 0 saturated heterocycles. The topological polar surface area (TPSA) is 52.3 Å². The maximum atomic E-state index is 5.18. The first-order valence-corrected chi connectivity index (χ1v) is 8.04. The molecule has 6 heteroatoms. The van der Waals surface area contributed by atoms with Crippen molar-refractivity contribution in [2.45, 2.75) is 6.42 Å². The van der Waals surface area contributed by atoms with Crippen LogP contribution < -0.4 is 4.74 Å². The van der Waals surface area contributed by atoms with Gasteiger partial charge in [-0.1, -0.05) is 53.8 Å². The van der Waals surface area contributed by atoms with Crippen LogP contribution in [0.15, 0.2) is 54.6 Å². The molecule has 2 heterocycles. The van der Waals surface area contributed by atoms with E-state index in [0.717, 1.165) is 33.5 Å². The molecule has 0 aliphatic carbocycles. The Morgan fingerprint density at radius 3 is 2.52 bits per heavy atom. The van der Waals surface area contributed by atoms with Gasteiger partial charge in [-0.15, -0.1) is 10.2 Å². The summed E-state index contributed by atoms with van der Waals surface area (Å²) in [5.74, 6) is 1.64. The Morgan fingerprint density at radius 1 is 1.00 bits per heavy atom. The molecule has 0 aliphatic heterocycles. The van der Waals surface area contributed by atoms with E-state index in [1.54, 1.807) is 18.4 Å². The van der Waals surface area contributed by atoms with Crippen molar-refractivity contribution in [2.75, 3.05) is 7.11 Å². The summed E-state index contributed by atoms with van der Waals surface area (Å²) in [4.78, 5) is 0.812. The summed E-state index contributed by atoms with van der Waals surface area (Å²) in [7, 11) is 1.67. The molecule has 0 radical (unpaired) electrons. The molecule has 0 unspecified atom stereocenters. The monoisotopic (exact) mass is 322 g/mol. The number of rotatable bonds is 4. The maximum absolute atomic E-state index is 5.18. The van der Waals surface area contributed by atoms with Crippen LogP contribution in [0.4, 0.5) is 0 Å². The van der Waals surface area contributed by atoms with Gasteiger partial charge in [-0.05, 0) is 17.7 Å². The van der Waals surface area contributed by atoms with Gasteiger partial charge < -0.3 is 4.74 Å². The fourth-order valence-electron chi connectivity index (χ4n) is 2.41. The summed E-state index contributed by atoms with van der Waals surface area (Å²) in [5.41, 5.74) is 2.21. The van der Waals surface area contributed by atoms with Crippen molar-refractivity contribution in [1.29, 1.82) is 0 Å². The predicted molar refractivity (Wildman–Crippen MR) is 89.9 cm³/mol. The van der Waals surface area contributed by atoms with Crippen molar-refractivity contribution in [3.63, 3.8) is 0 Å². The van der Waals surface area contributed by atoms with Gasteiger partial charge in [0.15, 0.2) is 5.82 Å². The molecule has 2 aromatic carbocycles. The van der Waals surface area contributed by atoms with Crippen molar-refractivity contribution in [2.24, 2.45) is 0 Å². The molecule has 2 aromatic heterocycles. The minimum atomic E-state index is 0.770. The van der Waals surface area contributed by atoms with Gasteiger partial charge >= 0.3 is 0 Å². The summed E-state index contributed by atoms with van der Waals surface area (Å²) in [6.07, 6.45) is 0.770. The lowest BCUT2D eigenvalue weighted by atomic mass is 10.1. The molecular weight excluding hydrogens is 308 g/mol. The first-order valence-electron chi connectivity index (χ1n) is 7.23. The zero-order chi connectivity index (χ0) is 15.6. The standard InChI is InChI=1S/C17H14N4OS/c1-22-14-9-7-12(8-10-14)11-15-20-21-16(18-19-17(21)23-15)13-5-3-2-4-6-13/h2-10H,11H2,1H3. The second-order valence-corrected chi connectivity index (χ2v) is 6.15. The summed E-state index contributed by atoms with van der Waals surface area (Å²) >= 11 is 1.56. The van der Waals surface area contributed by atoms with E-state index in [9.17, 15) is 0 Å². The average Bonchev–Trinajstić information content (AvgIpc) is 3.16. The first-order chi connectivity index (χ1) is 11.3. The maximum Gasteiger partial charge on any atom is 0.234 e. The Morgan fingerprint density at radius 2 is 1.78 bits per heavy atom. The van der Waals surface area contributed by atoms with E-state index >= 15 is 0 Å². The van der Waals surface area contributed by atoms with E-state index in [1.807, 2.05) is 47.0 Å². The van der Waals surface area contributed by atoms with Gasteiger partial charge in [0.1, 0.15) is 10.8 Å². The number of hydrogen-bond acceptors (Lipinski definition) is 5. The first kappa shape index (κ1) is 13.9. The molecule has 0 spiro atoms. The lowest BCUT2D eigenvalue weighted by Crippen LogP contribution is -1.93. The Kier molecular flexibility index (Phi) is 3.51.